The average Bonchev–Trinajstić information content (AvgIpc) is 2.84. The van der Waals surface area contributed by atoms with Crippen molar-refractivity contribution in [2.45, 2.75) is 57.0 Å². The van der Waals surface area contributed by atoms with Crippen LogP contribution >= 0.6 is 0 Å². The number of morpholine rings is 1. The summed E-state index contributed by atoms with van der Waals surface area (Å²) in [6, 6.07) is 3.54. The van der Waals surface area contributed by atoms with Crippen molar-refractivity contribution >= 4 is 11.8 Å². The van der Waals surface area contributed by atoms with E-state index in [1.54, 1.807) is 0 Å². The molecule has 0 radical (unpaired) electrons. The Hall–Kier alpha value is -2.06. The monoisotopic (exact) mass is 475 g/mol. The van der Waals surface area contributed by atoms with Gasteiger partial charge in [-0.3, -0.25) is 14.5 Å². The number of hydrogen-bond donors (Lipinski definition) is 0. The second-order valence-corrected chi connectivity index (χ2v) is 10.3. The lowest BCUT2D eigenvalue weighted by Crippen LogP contribution is -2.65. The van der Waals surface area contributed by atoms with Gasteiger partial charge < -0.3 is 14.5 Å². The predicted octanol–water partition coefficient (Wildman–Crippen LogP) is 3.31. The number of likely N-dealkylation sites (tertiary alicyclic amines) is 1. The molecule has 1 aromatic rings. The quantitative estimate of drug-likeness (QED) is 0.656. The third-order valence-corrected chi connectivity index (χ3v) is 8.30. The fourth-order valence-electron chi connectivity index (χ4n) is 6.87. The smallest absolute Gasteiger partial charge is 0.254 e. The summed E-state index contributed by atoms with van der Waals surface area (Å²) in [5, 5.41) is 0. The first-order chi connectivity index (χ1) is 16.5. The van der Waals surface area contributed by atoms with Crippen molar-refractivity contribution in [3.05, 3.63) is 35.4 Å². The summed E-state index contributed by atoms with van der Waals surface area (Å²) in [6.07, 6.45) is 6.27. The van der Waals surface area contributed by atoms with Gasteiger partial charge in [-0.1, -0.05) is 0 Å². The molecule has 0 saturated carbocycles. The maximum atomic E-state index is 13.9. The minimum absolute atomic E-state index is 0.0153. The van der Waals surface area contributed by atoms with Crippen molar-refractivity contribution in [2.24, 2.45) is 11.8 Å². The SMILES string of the molecule is O=C(CCC[C@@H]1[C@H]2CCCN3CCC[C@@H](CN1C(=O)c1cc(F)cc(F)c1)[C@@H]23)N1CCOCC1. The Kier molecular flexibility index (Phi) is 7.16. The number of amides is 2. The number of ether oxygens (including phenoxy) is 1. The van der Waals surface area contributed by atoms with Crippen molar-refractivity contribution in [3.63, 3.8) is 0 Å². The average molecular weight is 476 g/mol. The number of carbonyl (C=O) groups excluding carboxylic acids is 2. The Morgan fingerprint density at radius 3 is 2.41 bits per heavy atom. The van der Waals surface area contributed by atoms with Gasteiger partial charge in [0.2, 0.25) is 5.91 Å². The Morgan fingerprint density at radius 2 is 1.68 bits per heavy atom. The maximum absolute atomic E-state index is 13.9. The first-order valence-electron chi connectivity index (χ1n) is 12.9. The molecule has 4 heterocycles. The third kappa shape index (κ3) is 4.85. The first kappa shape index (κ1) is 23.7. The first-order valence-corrected chi connectivity index (χ1v) is 12.9. The third-order valence-electron chi connectivity index (χ3n) is 8.30. The maximum Gasteiger partial charge on any atom is 0.254 e. The number of benzene rings is 1. The Labute approximate surface area is 200 Å². The Balaban J connectivity index is 1.35. The van der Waals surface area contributed by atoms with Gasteiger partial charge in [-0.25, -0.2) is 8.78 Å². The van der Waals surface area contributed by atoms with Crippen molar-refractivity contribution in [1.29, 1.82) is 0 Å². The highest BCUT2D eigenvalue weighted by Gasteiger charge is 2.49. The molecule has 0 N–H and O–H groups in total. The second kappa shape index (κ2) is 10.3. The number of piperidine rings is 3. The summed E-state index contributed by atoms with van der Waals surface area (Å²) >= 11 is 0. The van der Waals surface area contributed by atoms with Crippen LogP contribution in [0.1, 0.15) is 55.3 Å². The van der Waals surface area contributed by atoms with Crippen LogP contribution in [0.2, 0.25) is 0 Å². The fraction of sp³-hybridized carbons (Fsp3) is 0.692. The van der Waals surface area contributed by atoms with E-state index in [9.17, 15) is 18.4 Å². The highest BCUT2D eigenvalue weighted by molar-refractivity contribution is 5.94. The van der Waals surface area contributed by atoms with Gasteiger partial charge in [-0.15, -0.1) is 0 Å². The fourth-order valence-corrected chi connectivity index (χ4v) is 6.87. The molecule has 4 atom stereocenters. The lowest BCUT2D eigenvalue weighted by molar-refractivity contribution is -0.135. The minimum atomic E-state index is -0.729. The van der Waals surface area contributed by atoms with Crippen LogP contribution in [0.4, 0.5) is 8.78 Å². The molecule has 4 fully saturated rings. The molecule has 0 aromatic heterocycles. The van der Waals surface area contributed by atoms with Crippen molar-refractivity contribution in [1.82, 2.24) is 14.7 Å². The molecule has 0 aliphatic carbocycles. The van der Waals surface area contributed by atoms with E-state index in [1.165, 1.54) is 0 Å². The van der Waals surface area contributed by atoms with Gasteiger partial charge in [0.15, 0.2) is 0 Å². The van der Waals surface area contributed by atoms with Crippen molar-refractivity contribution < 1.29 is 23.1 Å². The number of hydrogen-bond acceptors (Lipinski definition) is 4. The normalized spacial score (nSPS) is 29.6. The molecule has 186 valence electrons. The number of rotatable bonds is 5. The van der Waals surface area contributed by atoms with E-state index in [0.29, 0.717) is 63.6 Å². The van der Waals surface area contributed by atoms with Crippen LogP contribution < -0.4 is 0 Å². The summed E-state index contributed by atoms with van der Waals surface area (Å²) in [5.41, 5.74) is 0.0776. The van der Waals surface area contributed by atoms with Gasteiger partial charge in [0, 0.05) is 49.8 Å². The lowest BCUT2D eigenvalue weighted by atomic mass is 9.69. The number of halogens is 2. The lowest BCUT2D eigenvalue weighted by Gasteiger charge is -2.57. The zero-order chi connectivity index (χ0) is 23.7. The molecule has 2 amide bonds. The Bertz CT molecular complexity index is 885. The number of nitrogens with zero attached hydrogens (tertiary/aromatic N) is 3. The molecular weight excluding hydrogens is 440 g/mol. The van der Waals surface area contributed by atoms with Gasteiger partial charge in [-0.2, -0.15) is 0 Å². The Morgan fingerprint density at radius 1 is 0.971 bits per heavy atom. The molecule has 1 aromatic carbocycles. The van der Waals surface area contributed by atoms with E-state index in [2.05, 4.69) is 4.90 Å². The zero-order valence-electron chi connectivity index (χ0n) is 19.8. The summed E-state index contributed by atoms with van der Waals surface area (Å²) in [4.78, 5) is 32.6. The second-order valence-electron chi connectivity index (χ2n) is 10.3. The van der Waals surface area contributed by atoms with Crippen LogP contribution in [0.15, 0.2) is 18.2 Å². The largest absolute Gasteiger partial charge is 0.378 e. The number of carbonyl (C=O) groups is 2. The van der Waals surface area contributed by atoms with E-state index >= 15 is 0 Å². The van der Waals surface area contributed by atoms with Gasteiger partial charge in [0.05, 0.1) is 13.2 Å². The topological polar surface area (TPSA) is 53.1 Å². The molecule has 0 unspecified atom stereocenters. The van der Waals surface area contributed by atoms with E-state index in [0.717, 1.165) is 63.4 Å². The summed E-state index contributed by atoms with van der Waals surface area (Å²) in [6.45, 7) is 5.30. The molecule has 5 rings (SSSR count). The minimum Gasteiger partial charge on any atom is -0.378 e. The molecule has 6 nitrogen and oxygen atoms in total. The van der Waals surface area contributed by atoms with Gasteiger partial charge in [-0.05, 0) is 75.6 Å². The van der Waals surface area contributed by atoms with Crippen LogP contribution in [-0.4, -0.2) is 84.5 Å². The van der Waals surface area contributed by atoms with Crippen LogP contribution in [-0.2, 0) is 9.53 Å². The van der Waals surface area contributed by atoms with Crippen LogP contribution in [0, 0.1) is 23.5 Å². The van der Waals surface area contributed by atoms with E-state index in [4.69, 9.17) is 4.74 Å². The molecule has 4 aliphatic heterocycles. The van der Waals surface area contributed by atoms with Gasteiger partial charge in [0.1, 0.15) is 11.6 Å². The van der Waals surface area contributed by atoms with E-state index in [1.807, 2.05) is 9.80 Å². The summed E-state index contributed by atoms with van der Waals surface area (Å²) < 4.78 is 33.2. The van der Waals surface area contributed by atoms with E-state index in [-0.39, 0.29) is 23.4 Å². The molecule has 0 bridgehead atoms. The summed E-state index contributed by atoms with van der Waals surface area (Å²) in [7, 11) is 0. The van der Waals surface area contributed by atoms with Crippen LogP contribution in [0.25, 0.3) is 0 Å². The predicted molar refractivity (Wildman–Crippen MR) is 123 cm³/mol. The highest BCUT2D eigenvalue weighted by atomic mass is 19.1. The zero-order valence-corrected chi connectivity index (χ0v) is 19.8. The van der Waals surface area contributed by atoms with Gasteiger partial charge in [0.25, 0.3) is 5.91 Å². The van der Waals surface area contributed by atoms with Gasteiger partial charge >= 0.3 is 0 Å². The summed E-state index contributed by atoms with van der Waals surface area (Å²) in [5.74, 6) is -0.866. The standard InChI is InChI=1S/C26H35F2N3O3/c27-20-14-19(15-21(28)16-20)26(33)31-17-18-4-2-8-30-9-3-5-22(25(18)30)23(31)6-1-7-24(32)29-10-12-34-13-11-29/h14-16,18,22-23,25H,1-13,17H2/t18-,22+,23+,25-/m0/s1. The molecule has 8 heteroatoms. The molecule has 0 spiro atoms. The molecule has 34 heavy (non-hydrogen) atoms. The molecule has 4 aliphatic rings. The van der Waals surface area contributed by atoms with Crippen LogP contribution in [0.5, 0.6) is 0 Å². The van der Waals surface area contributed by atoms with Crippen molar-refractivity contribution in [3.8, 4) is 0 Å². The van der Waals surface area contributed by atoms with Crippen LogP contribution in [0.3, 0.4) is 0 Å². The van der Waals surface area contributed by atoms with Crippen molar-refractivity contribution in [2.75, 3.05) is 45.9 Å². The van der Waals surface area contributed by atoms with E-state index < -0.39 is 11.6 Å². The molecular formula is C26H35F2N3O3. The highest BCUT2D eigenvalue weighted by Crippen LogP contribution is 2.43. The molecule has 4 saturated heterocycles.